The van der Waals surface area contributed by atoms with Crippen molar-refractivity contribution >= 4 is 45.7 Å². The maximum absolute atomic E-state index is 13.7. The fourth-order valence-corrected chi connectivity index (χ4v) is 5.35. The first-order valence-corrected chi connectivity index (χ1v) is 13.2. The standard InChI is InChI=1S/C31H30ClN3O4/c1-20(7-4-5-14-36)31(39)26-17-23(32)12-13-28(26)35(30(31)38)19-21-8-6-9-24(15-21)34-29(37)16-22-18-33-27-11-3-2-10-25(22)27/h2-4,6-13,15,17-18,20,33,36,39H,5,14,16,19H2,1H3,(H,34,37)/b7-4+/t20-,31+/m0/s1. The Balaban J connectivity index is 1.35. The van der Waals surface area contributed by atoms with Crippen molar-refractivity contribution in [1.82, 2.24) is 4.98 Å². The van der Waals surface area contributed by atoms with Gasteiger partial charge in [0.1, 0.15) is 0 Å². The molecule has 8 heteroatoms. The predicted octanol–water partition coefficient (Wildman–Crippen LogP) is 5.31. The van der Waals surface area contributed by atoms with Crippen LogP contribution in [0.2, 0.25) is 5.02 Å². The molecule has 7 nitrogen and oxygen atoms in total. The second-order valence-corrected chi connectivity index (χ2v) is 10.3. The van der Waals surface area contributed by atoms with Crippen LogP contribution in [0, 0.1) is 5.92 Å². The average Bonchev–Trinajstić information content (AvgIpc) is 3.42. The molecule has 5 rings (SSSR count). The number of hydrogen-bond acceptors (Lipinski definition) is 4. The molecule has 0 fully saturated rings. The zero-order valence-corrected chi connectivity index (χ0v) is 22.3. The summed E-state index contributed by atoms with van der Waals surface area (Å²) in [4.78, 5) is 31.3. The van der Waals surface area contributed by atoms with Crippen molar-refractivity contribution in [2.75, 3.05) is 16.8 Å². The number of benzene rings is 3. The molecule has 0 radical (unpaired) electrons. The molecule has 2 amide bonds. The topological polar surface area (TPSA) is 106 Å². The van der Waals surface area contributed by atoms with Gasteiger partial charge in [0.05, 0.1) is 18.7 Å². The van der Waals surface area contributed by atoms with Crippen molar-refractivity contribution in [3.05, 3.63) is 107 Å². The van der Waals surface area contributed by atoms with E-state index in [2.05, 4.69) is 10.3 Å². The lowest BCUT2D eigenvalue weighted by atomic mass is 9.83. The molecule has 200 valence electrons. The lowest BCUT2D eigenvalue weighted by molar-refractivity contribution is -0.139. The Hall–Kier alpha value is -3.91. The van der Waals surface area contributed by atoms with Crippen molar-refractivity contribution in [3.63, 3.8) is 0 Å². The summed E-state index contributed by atoms with van der Waals surface area (Å²) in [6.07, 6.45) is 6.00. The van der Waals surface area contributed by atoms with Crippen LogP contribution in [0.15, 0.2) is 85.1 Å². The molecule has 0 unspecified atom stereocenters. The average molecular weight is 544 g/mol. The Labute approximate surface area is 231 Å². The Kier molecular flexibility index (Phi) is 7.57. The number of aliphatic hydroxyl groups excluding tert-OH is 1. The summed E-state index contributed by atoms with van der Waals surface area (Å²) < 4.78 is 0. The van der Waals surface area contributed by atoms with Crippen molar-refractivity contribution in [1.29, 1.82) is 0 Å². The maximum atomic E-state index is 13.7. The SMILES string of the molecule is C[C@@H](/C=C/CCO)[C@]1(O)C(=O)N(Cc2cccc(NC(=O)Cc3c[nH]c4ccccc34)c2)c2ccc(Cl)cc21. The number of nitrogens with zero attached hydrogens (tertiary/aromatic N) is 1. The van der Waals surface area contributed by atoms with Gasteiger partial charge in [-0.1, -0.05) is 61.0 Å². The molecule has 2 atom stereocenters. The van der Waals surface area contributed by atoms with Gasteiger partial charge in [0, 0.05) is 45.9 Å². The fourth-order valence-electron chi connectivity index (χ4n) is 5.18. The highest BCUT2D eigenvalue weighted by molar-refractivity contribution is 6.31. The number of H-pyrrole nitrogens is 1. The van der Waals surface area contributed by atoms with E-state index in [4.69, 9.17) is 16.7 Å². The largest absolute Gasteiger partial charge is 0.396 e. The molecule has 39 heavy (non-hydrogen) atoms. The Morgan fingerprint density at radius 2 is 1.97 bits per heavy atom. The molecule has 0 aliphatic carbocycles. The third-order valence-corrected chi connectivity index (χ3v) is 7.42. The molecule has 1 aromatic heterocycles. The van der Waals surface area contributed by atoms with E-state index in [0.717, 1.165) is 22.0 Å². The van der Waals surface area contributed by atoms with E-state index in [1.165, 1.54) is 0 Å². The monoisotopic (exact) mass is 543 g/mol. The third kappa shape index (κ3) is 5.21. The van der Waals surface area contributed by atoms with E-state index >= 15 is 0 Å². The highest BCUT2D eigenvalue weighted by atomic mass is 35.5. The van der Waals surface area contributed by atoms with Gasteiger partial charge in [0.15, 0.2) is 5.60 Å². The fraction of sp³-hybridized carbons (Fsp3) is 0.226. The van der Waals surface area contributed by atoms with Crippen LogP contribution in [-0.2, 0) is 28.2 Å². The van der Waals surface area contributed by atoms with Gasteiger partial charge in [0.2, 0.25) is 5.91 Å². The first kappa shape index (κ1) is 26.7. The number of anilines is 2. The molecule has 0 saturated heterocycles. The first-order chi connectivity index (χ1) is 18.8. The molecule has 1 aliphatic rings. The van der Waals surface area contributed by atoms with Crippen LogP contribution >= 0.6 is 11.6 Å². The van der Waals surface area contributed by atoms with Crippen LogP contribution in [0.1, 0.15) is 30.0 Å². The third-order valence-electron chi connectivity index (χ3n) is 7.19. The van der Waals surface area contributed by atoms with Crippen molar-refractivity contribution in [2.24, 2.45) is 5.92 Å². The van der Waals surface area contributed by atoms with Gasteiger partial charge in [-0.2, -0.15) is 0 Å². The maximum Gasteiger partial charge on any atom is 0.264 e. The number of para-hydroxylation sites is 1. The quantitative estimate of drug-likeness (QED) is 0.215. The van der Waals surface area contributed by atoms with Crippen LogP contribution in [0.4, 0.5) is 11.4 Å². The number of aliphatic hydroxyl groups is 2. The number of carbonyl (C=O) groups is 2. The van der Waals surface area contributed by atoms with Crippen LogP contribution in [-0.4, -0.2) is 33.6 Å². The lowest BCUT2D eigenvalue weighted by Crippen LogP contribution is -2.44. The normalized spacial score (nSPS) is 17.6. The molecular weight excluding hydrogens is 514 g/mol. The van der Waals surface area contributed by atoms with Gasteiger partial charge < -0.3 is 25.4 Å². The number of aromatic nitrogens is 1. The van der Waals surface area contributed by atoms with Crippen LogP contribution in [0.25, 0.3) is 10.9 Å². The summed E-state index contributed by atoms with van der Waals surface area (Å²) in [5.74, 6) is -1.14. The zero-order chi connectivity index (χ0) is 27.6. The Bertz CT molecular complexity index is 1560. The molecule has 0 spiro atoms. The zero-order valence-electron chi connectivity index (χ0n) is 21.5. The molecule has 0 bridgehead atoms. The summed E-state index contributed by atoms with van der Waals surface area (Å²) in [7, 11) is 0. The molecule has 1 aliphatic heterocycles. The minimum absolute atomic E-state index is 0.0151. The highest BCUT2D eigenvalue weighted by Gasteiger charge is 2.52. The summed E-state index contributed by atoms with van der Waals surface area (Å²) in [5.41, 5.74) is 2.55. The summed E-state index contributed by atoms with van der Waals surface area (Å²) >= 11 is 6.26. The van der Waals surface area contributed by atoms with Crippen LogP contribution < -0.4 is 10.2 Å². The number of fused-ring (bicyclic) bond motifs is 2. The van der Waals surface area contributed by atoms with E-state index in [1.807, 2.05) is 48.7 Å². The van der Waals surface area contributed by atoms with Crippen molar-refractivity contribution in [3.8, 4) is 0 Å². The van der Waals surface area contributed by atoms with E-state index in [-0.39, 0.29) is 25.5 Å². The first-order valence-electron chi connectivity index (χ1n) is 12.9. The summed E-state index contributed by atoms with van der Waals surface area (Å²) in [6, 6.07) is 20.3. The van der Waals surface area contributed by atoms with E-state index in [1.54, 1.807) is 48.2 Å². The Morgan fingerprint density at radius 3 is 2.79 bits per heavy atom. The van der Waals surface area contributed by atoms with Gasteiger partial charge in [-0.3, -0.25) is 9.59 Å². The molecule has 4 aromatic rings. The number of rotatable bonds is 9. The predicted molar refractivity (Wildman–Crippen MR) is 154 cm³/mol. The van der Waals surface area contributed by atoms with Crippen molar-refractivity contribution < 1.29 is 19.8 Å². The Morgan fingerprint density at radius 1 is 1.15 bits per heavy atom. The minimum atomic E-state index is -1.79. The number of amides is 2. The molecular formula is C31H30ClN3O4. The number of carbonyl (C=O) groups excluding carboxylic acids is 2. The van der Waals surface area contributed by atoms with Crippen LogP contribution in [0.3, 0.4) is 0 Å². The van der Waals surface area contributed by atoms with Crippen LogP contribution in [0.5, 0.6) is 0 Å². The minimum Gasteiger partial charge on any atom is -0.396 e. The van der Waals surface area contributed by atoms with E-state index in [9.17, 15) is 14.7 Å². The molecule has 3 aromatic carbocycles. The van der Waals surface area contributed by atoms with E-state index < -0.39 is 17.4 Å². The second-order valence-electron chi connectivity index (χ2n) is 9.83. The van der Waals surface area contributed by atoms with Gasteiger partial charge in [-0.25, -0.2) is 0 Å². The van der Waals surface area contributed by atoms with Gasteiger partial charge in [-0.15, -0.1) is 0 Å². The molecule has 0 saturated carbocycles. The van der Waals surface area contributed by atoms with Gasteiger partial charge in [0.25, 0.3) is 5.91 Å². The molecule has 2 heterocycles. The van der Waals surface area contributed by atoms with Gasteiger partial charge in [-0.05, 0) is 53.9 Å². The van der Waals surface area contributed by atoms with Crippen molar-refractivity contribution in [2.45, 2.75) is 31.9 Å². The number of aromatic amines is 1. The lowest BCUT2D eigenvalue weighted by Gasteiger charge is -2.27. The summed E-state index contributed by atoms with van der Waals surface area (Å²) in [6.45, 7) is 1.96. The summed E-state index contributed by atoms with van der Waals surface area (Å²) in [5, 5.41) is 25.2. The molecule has 4 N–H and O–H groups in total. The number of hydrogen-bond donors (Lipinski definition) is 4. The van der Waals surface area contributed by atoms with Gasteiger partial charge >= 0.3 is 0 Å². The van der Waals surface area contributed by atoms with E-state index in [0.29, 0.717) is 28.4 Å². The number of halogens is 1. The smallest absolute Gasteiger partial charge is 0.264 e. The number of nitrogens with one attached hydrogen (secondary N) is 2. The second kappa shape index (κ2) is 11.1. The highest BCUT2D eigenvalue weighted by Crippen LogP contribution is 2.46.